The van der Waals surface area contributed by atoms with Crippen LogP contribution in [0.25, 0.3) is 0 Å². The summed E-state index contributed by atoms with van der Waals surface area (Å²) in [6.07, 6.45) is 0.0760. The summed E-state index contributed by atoms with van der Waals surface area (Å²) >= 11 is 0. The number of halogens is 3. The first kappa shape index (κ1) is 14.6. The van der Waals surface area contributed by atoms with Gasteiger partial charge in [-0.05, 0) is 38.1 Å². The minimum atomic E-state index is -4.21. The third kappa shape index (κ3) is 4.67. The lowest BCUT2D eigenvalue weighted by Gasteiger charge is -2.33. The zero-order valence-electron chi connectivity index (χ0n) is 10.9. The summed E-state index contributed by atoms with van der Waals surface area (Å²) < 4.78 is 38.5. The highest BCUT2D eigenvalue weighted by Gasteiger charge is 2.45. The molecule has 2 aliphatic rings. The van der Waals surface area contributed by atoms with Crippen molar-refractivity contribution >= 4 is 5.91 Å². The van der Waals surface area contributed by atoms with Gasteiger partial charge in [0.2, 0.25) is 5.91 Å². The van der Waals surface area contributed by atoms with Crippen LogP contribution in [-0.2, 0) is 4.79 Å². The molecule has 3 nitrogen and oxygen atoms in total. The summed E-state index contributed by atoms with van der Waals surface area (Å²) in [5, 5.41) is 5.55. The molecule has 110 valence electrons. The average Bonchev–Trinajstić information content (AvgIpc) is 3.12. The largest absolute Gasteiger partial charge is 0.393 e. The molecule has 19 heavy (non-hydrogen) atoms. The first-order valence-electron chi connectivity index (χ1n) is 7.03. The van der Waals surface area contributed by atoms with Crippen LogP contribution < -0.4 is 10.6 Å². The van der Waals surface area contributed by atoms with Crippen molar-refractivity contribution in [1.29, 1.82) is 0 Å². The van der Waals surface area contributed by atoms with Crippen LogP contribution in [0.15, 0.2) is 0 Å². The Hall–Kier alpha value is -0.780. The molecule has 0 aromatic heterocycles. The lowest BCUT2D eigenvalue weighted by Crippen LogP contribution is -2.49. The molecule has 0 radical (unpaired) electrons. The number of rotatable bonds is 5. The van der Waals surface area contributed by atoms with Crippen molar-refractivity contribution in [3.8, 4) is 0 Å². The third-order valence-corrected chi connectivity index (χ3v) is 3.95. The van der Waals surface area contributed by atoms with Gasteiger partial charge in [-0.2, -0.15) is 13.2 Å². The smallest absolute Gasteiger partial charge is 0.352 e. The van der Waals surface area contributed by atoms with Gasteiger partial charge in [0.15, 0.2) is 0 Å². The molecule has 0 aliphatic heterocycles. The van der Waals surface area contributed by atoms with E-state index in [-0.39, 0.29) is 18.9 Å². The van der Waals surface area contributed by atoms with E-state index in [1.165, 1.54) is 12.8 Å². The second kappa shape index (κ2) is 6.11. The summed E-state index contributed by atoms with van der Waals surface area (Å²) in [4.78, 5) is 11.6. The standard InChI is InChI=1S/C13H21F3N2O/c14-13(15,16)10-3-1-2-4-11(10)18-12(19)8-17-7-9-5-6-9/h9-11,17H,1-8H2,(H,18,19). The Labute approximate surface area is 111 Å². The lowest BCUT2D eigenvalue weighted by molar-refractivity contribution is -0.189. The molecule has 0 heterocycles. The van der Waals surface area contributed by atoms with Gasteiger partial charge in [0.25, 0.3) is 0 Å². The molecule has 2 N–H and O–H groups in total. The Morgan fingerprint density at radius 2 is 1.79 bits per heavy atom. The molecular weight excluding hydrogens is 257 g/mol. The minimum absolute atomic E-state index is 0.123. The number of hydrogen-bond donors (Lipinski definition) is 2. The highest BCUT2D eigenvalue weighted by molar-refractivity contribution is 5.78. The van der Waals surface area contributed by atoms with Crippen molar-refractivity contribution in [3.05, 3.63) is 0 Å². The van der Waals surface area contributed by atoms with E-state index in [4.69, 9.17) is 0 Å². The normalized spacial score (nSPS) is 28.2. The minimum Gasteiger partial charge on any atom is -0.352 e. The van der Waals surface area contributed by atoms with Crippen LogP contribution in [0.4, 0.5) is 13.2 Å². The van der Waals surface area contributed by atoms with Crippen LogP contribution >= 0.6 is 0 Å². The monoisotopic (exact) mass is 278 g/mol. The fourth-order valence-electron chi connectivity index (χ4n) is 2.67. The number of carbonyl (C=O) groups is 1. The van der Waals surface area contributed by atoms with Crippen molar-refractivity contribution in [3.63, 3.8) is 0 Å². The first-order valence-corrected chi connectivity index (χ1v) is 7.03. The molecule has 2 saturated carbocycles. The van der Waals surface area contributed by atoms with E-state index in [9.17, 15) is 18.0 Å². The molecule has 2 aliphatic carbocycles. The number of amides is 1. The Morgan fingerprint density at radius 1 is 1.11 bits per heavy atom. The number of alkyl halides is 3. The molecule has 6 heteroatoms. The van der Waals surface area contributed by atoms with Gasteiger partial charge in [0.1, 0.15) is 0 Å². The molecule has 0 aromatic carbocycles. The van der Waals surface area contributed by atoms with E-state index < -0.39 is 18.1 Å². The molecule has 2 fully saturated rings. The van der Waals surface area contributed by atoms with Crippen LogP contribution in [0.2, 0.25) is 0 Å². The predicted octanol–water partition coefficient (Wildman–Crippen LogP) is 2.22. The maximum atomic E-state index is 12.8. The van der Waals surface area contributed by atoms with Gasteiger partial charge in [-0.1, -0.05) is 12.8 Å². The van der Waals surface area contributed by atoms with Gasteiger partial charge < -0.3 is 10.6 Å². The second-order valence-corrected chi connectivity index (χ2v) is 5.68. The van der Waals surface area contributed by atoms with Crippen molar-refractivity contribution in [2.45, 2.75) is 50.7 Å². The summed E-state index contributed by atoms with van der Waals surface area (Å²) in [6, 6.07) is -0.746. The molecule has 2 unspecified atom stereocenters. The average molecular weight is 278 g/mol. The van der Waals surface area contributed by atoms with E-state index in [1.807, 2.05) is 0 Å². The quantitative estimate of drug-likeness (QED) is 0.809. The first-order chi connectivity index (χ1) is 8.97. The van der Waals surface area contributed by atoms with Crippen molar-refractivity contribution in [2.75, 3.05) is 13.1 Å². The van der Waals surface area contributed by atoms with Gasteiger partial charge in [0.05, 0.1) is 12.5 Å². The zero-order valence-corrected chi connectivity index (χ0v) is 10.9. The number of carbonyl (C=O) groups excluding carboxylic acids is 1. The Kier molecular flexibility index (Phi) is 4.71. The number of nitrogens with one attached hydrogen (secondary N) is 2. The predicted molar refractivity (Wildman–Crippen MR) is 65.5 cm³/mol. The van der Waals surface area contributed by atoms with E-state index in [0.29, 0.717) is 18.8 Å². The topological polar surface area (TPSA) is 41.1 Å². The van der Waals surface area contributed by atoms with Crippen molar-refractivity contribution < 1.29 is 18.0 Å². The van der Waals surface area contributed by atoms with Crippen molar-refractivity contribution in [2.24, 2.45) is 11.8 Å². The Morgan fingerprint density at radius 3 is 2.42 bits per heavy atom. The van der Waals surface area contributed by atoms with E-state index in [2.05, 4.69) is 10.6 Å². The number of hydrogen-bond acceptors (Lipinski definition) is 2. The van der Waals surface area contributed by atoms with Gasteiger partial charge in [0, 0.05) is 6.04 Å². The zero-order chi connectivity index (χ0) is 13.9. The van der Waals surface area contributed by atoms with Crippen LogP contribution in [0.5, 0.6) is 0 Å². The summed E-state index contributed by atoms with van der Waals surface area (Å²) in [6.45, 7) is 0.915. The highest BCUT2D eigenvalue weighted by Crippen LogP contribution is 2.37. The summed E-state index contributed by atoms with van der Waals surface area (Å²) in [5.41, 5.74) is 0. The lowest BCUT2D eigenvalue weighted by atomic mass is 9.84. The second-order valence-electron chi connectivity index (χ2n) is 5.68. The fraction of sp³-hybridized carbons (Fsp3) is 0.923. The van der Waals surface area contributed by atoms with Crippen LogP contribution in [0, 0.1) is 11.8 Å². The maximum Gasteiger partial charge on any atom is 0.393 e. The molecule has 0 spiro atoms. The summed E-state index contributed by atoms with van der Waals surface area (Å²) in [7, 11) is 0. The molecule has 1 amide bonds. The molecule has 2 atom stereocenters. The van der Waals surface area contributed by atoms with Gasteiger partial charge in [-0.3, -0.25) is 4.79 Å². The van der Waals surface area contributed by atoms with Gasteiger partial charge in [-0.15, -0.1) is 0 Å². The van der Waals surface area contributed by atoms with Crippen LogP contribution in [0.3, 0.4) is 0 Å². The van der Waals surface area contributed by atoms with Gasteiger partial charge >= 0.3 is 6.18 Å². The van der Waals surface area contributed by atoms with Crippen LogP contribution in [-0.4, -0.2) is 31.2 Å². The Balaban J connectivity index is 1.75. The molecule has 0 bridgehead atoms. The maximum absolute atomic E-state index is 12.8. The van der Waals surface area contributed by atoms with E-state index >= 15 is 0 Å². The Bertz CT molecular complexity index is 316. The van der Waals surface area contributed by atoms with Gasteiger partial charge in [-0.25, -0.2) is 0 Å². The third-order valence-electron chi connectivity index (χ3n) is 3.95. The SMILES string of the molecule is O=C(CNCC1CC1)NC1CCCCC1C(F)(F)F. The van der Waals surface area contributed by atoms with Crippen molar-refractivity contribution in [1.82, 2.24) is 10.6 Å². The fourth-order valence-corrected chi connectivity index (χ4v) is 2.67. The molecular formula is C13H21F3N2O. The van der Waals surface area contributed by atoms with Crippen LogP contribution in [0.1, 0.15) is 38.5 Å². The van der Waals surface area contributed by atoms with E-state index in [0.717, 1.165) is 13.0 Å². The molecule has 2 rings (SSSR count). The molecule has 0 aromatic rings. The molecule has 0 saturated heterocycles. The highest BCUT2D eigenvalue weighted by atomic mass is 19.4. The summed E-state index contributed by atoms with van der Waals surface area (Å²) in [5.74, 6) is -1.04. The van der Waals surface area contributed by atoms with E-state index in [1.54, 1.807) is 0 Å².